The molecule has 8 nitrogen and oxygen atoms in total. The van der Waals surface area contributed by atoms with E-state index < -0.39 is 28.5 Å². The maximum atomic E-state index is 14.0. The Kier molecular flexibility index (Phi) is 11.5. The Labute approximate surface area is 252 Å². The van der Waals surface area contributed by atoms with Crippen LogP contribution in [0, 0.1) is 0 Å². The summed E-state index contributed by atoms with van der Waals surface area (Å²) in [6.07, 6.45) is 0.705. The molecule has 0 unspecified atom stereocenters. The second kappa shape index (κ2) is 14.6. The lowest BCUT2D eigenvalue weighted by molar-refractivity contribution is -0.139. The van der Waals surface area contributed by atoms with Gasteiger partial charge in [-0.05, 0) is 81.3 Å². The molecule has 0 saturated heterocycles. The lowest BCUT2D eigenvalue weighted by Gasteiger charge is -2.32. The second-order valence-electron chi connectivity index (χ2n) is 9.50. The number of anilines is 1. The minimum absolute atomic E-state index is 0.0246. The molecule has 0 radical (unpaired) electrons. The largest absolute Gasteiger partial charge is 0.494 e. The number of nitrogens with zero attached hydrogens (tertiary/aromatic N) is 2. The summed E-state index contributed by atoms with van der Waals surface area (Å²) in [4.78, 5) is 28.5. The van der Waals surface area contributed by atoms with Crippen LogP contribution in [0.3, 0.4) is 0 Å². The molecule has 2 atom stereocenters. The van der Waals surface area contributed by atoms with Gasteiger partial charge < -0.3 is 15.0 Å². The average Bonchev–Trinajstić information content (AvgIpc) is 2.96. The topological polar surface area (TPSA) is 96.0 Å². The van der Waals surface area contributed by atoms with Gasteiger partial charge in [0.2, 0.25) is 11.8 Å². The Morgan fingerprint density at radius 1 is 0.951 bits per heavy atom. The van der Waals surface area contributed by atoms with Gasteiger partial charge in [0.05, 0.1) is 17.2 Å². The summed E-state index contributed by atoms with van der Waals surface area (Å²) in [7, 11) is -4.16. The van der Waals surface area contributed by atoms with Gasteiger partial charge in [-0.25, -0.2) is 8.42 Å². The number of nitrogens with one attached hydrogen (secondary N) is 1. The normalized spacial score (nSPS) is 12.7. The van der Waals surface area contributed by atoms with Crippen LogP contribution in [0.15, 0.2) is 77.7 Å². The zero-order valence-corrected chi connectivity index (χ0v) is 25.8. The maximum absolute atomic E-state index is 14.0. The summed E-state index contributed by atoms with van der Waals surface area (Å²) < 4.78 is 34.2. The molecule has 2 amide bonds. The van der Waals surface area contributed by atoms with Crippen LogP contribution >= 0.6 is 23.2 Å². The standard InChI is InChI=1S/C30H35Cl2N3O5S/c1-5-21(3)33-30(37)22(4)34(19-23-12-13-24(31)18-28(23)32)29(36)20-35(25-14-16-26(17-15-25)40-6-2)41(38,39)27-10-8-7-9-11-27/h7-18,21-22H,5-6,19-20H2,1-4H3,(H,33,37)/t21-,22-/m0/s1. The first-order valence-corrected chi connectivity index (χ1v) is 15.5. The predicted octanol–water partition coefficient (Wildman–Crippen LogP) is 5.92. The average molecular weight is 621 g/mol. The first-order chi connectivity index (χ1) is 19.5. The summed E-state index contributed by atoms with van der Waals surface area (Å²) in [6.45, 7) is 7.11. The van der Waals surface area contributed by atoms with Crippen LogP contribution in [0.5, 0.6) is 5.75 Å². The number of hydrogen-bond donors (Lipinski definition) is 1. The summed E-state index contributed by atoms with van der Waals surface area (Å²) >= 11 is 12.5. The number of sulfonamides is 1. The van der Waals surface area contributed by atoms with E-state index in [9.17, 15) is 18.0 Å². The fourth-order valence-corrected chi connectivity index (χ4v) is 5.91. The Balaban J connectivity index is 2.04. The quantitative estimate of drug-likeness (QED) is 0.256. The third kappa shape index (κ3) is 8.38. The van der Waals surface area contributed by atoms with E-state index in [0.29, 0.717) is 34.4 Å². The molecule has 0 aliphatic rings. The van der Waals surface area contributed by atoms with Crippen LogP contribution < -0.4 is 14.4 Å². The molecular weight excluding hydrogens is 585 g/mol. The Morgan fingerprint density at radius 3 is 2.20 bits per heavy atom. The van der Waals surface area contributed by atoms with Crippen molar-refractivity contribution < 1.29 is 22.7 Å². The highest BCUT2D eigenvalue weighted by molar-refractivity contribution is 7.92. The maximum Gasteiger partial charge on any atom is 0.264 e. The molecule has 0 aromatic heterocycles. The van der Waals surface area contributed by atoms with Gasteiger partial charge in [0.1, 0.15) is 18.3 Å². The Hall–Kier alpha value is -3.27. The van der Waals surface area contributed by atoms with E-state index in [1.165, 1.54) is 17.0 Å². The highest BCUT2D eigenvalue weighted by Crippen LogP contribution is 2.28. The minimum atomic E-state index is -4.16. The molecule has 220 valence electrons. The van der Waals surface area contributed by atoms with E-state index in [0.717, 1.165) is 4.31 Å². The van der Waals surface area contributed by atoms with Crippen LogP contribution in [0.4, 0.5) is 5.69 Å². The molecular formula is C30H35Cl2N3O5S. The fourth-order valence-electron chi connectivity index (χ4n) is 4.01. The van der Waals surface area contributed by atoms with Crippen molar-refractivity contribution in [2.45, 2.75) is 57.6 Å². The molecule has 3 aromatic rings. The molecule has 11 heteroatoms. The predicted molar refractivity (Wildman–Crippen MR) is 163 cm³/mol. The van der Waals surface area contributed by atoms with Crippen molar-refractivity contribution in [2.75, 3.05) is 17.5 Å². The van der Waals surface area contributed by atoms with Crippen LogP contribution in [0.1, 0.15) is 39.7 Å². The highest BCUT2D eigenvalue weighted by atomic mass is 35.5. The zero-order chi connectivity index (χ0) is 30.2. The second-order valence-corrected chi connectivity index (χ2v) is 12.2. The fraction of sp³-hybridized carbons (Fsp3) is 0.333. The SMILES string of the molecule is CCOc1ccc(N(CC(=O)N(Cc2ccc(Cl)cc2Cl)[C@@H](C)C(=O)N[C@@H](C)CC)S(=O)(=O)c2ccccc2)cc1. The van der Waals surface area contributed by atoms with Crippen molar-refractivity contribution in [1.82, 2.24) is 10.2 Å². The molecule has 0 aliphatic carbocycles. The van der Waals surface area contributed by atoms with E-state index in [2.05, 4.69) is 5.32 Å². The van der Waals surface area contributed by atoms with Crippen molar-refractivity contribution >= 4 is 50.7 Å². The van der Waals surface area contributed by atoms with Gasteiger partial charge in [-0.3, -0.25) is 13.9 Å². The van der Waals surface area contributed by atoms with Gasteiger partial charge in [-0.1, -0.05) is 54.4 Å². The van der Waals surface area contributed by atoms with E-state index in [1.54, 1.807) is 67.6 Å². The number of ether oxygens (including phenoxy) is 1. The van der Waals surface area contributed by atoms with Gasteiger partial charge in [0, 0.05) is 22.6 Å². The number of halogens is 2. The molecule has 0 bridgehead atoms. The highest BCUT2D eigenvalue weighted by Gasteiger charge is 2.33. The molecule has 0 fully saturated rings. The lowest BCUT2D eigenvalue weighted by atomic mass is 10.1. The van der Waals surface area contributed by atoms with E-state index in [-0.39, 0.29) is 29.1 Å². The molecule has 3 rings (SSSR count). The summed E-state index contributed by atoms with van der Waals surface area (Å²) in [5.41, 5.74) is 0.831. The number of carbonyl (C=O) groups excluding carboxylic acids is 2. The number of carbonyl (C=O) groups is 2. The molecule has 41 heavy (non-hydrogen) atoms. The lowest BCUT2D eigenvalue weighted by Crippen LogP contribution is -2.52. The smallest absolute Gasteiger partial charge is 0.264 e. The van der Waals surface area contributed by atoms with Crippen LogP contribution in [-0.4, -0.2) is 50.4 Å². The Morgan fingerprint density at radius 2 is 1.61 bits per heavy atom. The monoisotopic (exact) mass is 619 g/mol. The first kappa shape index (κ1) is 32.2. The van der Waals surface area contributed by atoms with E-state index >= 15 is 0 Å². The van der Waals surface area contributed by atoms with Crippen LogP contribution in [0.25, 0.3) is 0 Å². The van der Waals surface area contributed by atoms with Gasteiger partial charge in [0.15, 0.2) is 0 Å². The van der Waals surface area contributed by atoms with Crippen LogP contribution in [0.2, 0.25) is 10.0 Å². The molecule has 1 N–H and O–H groups in total. The van der Waals surface area contributed by atoms with Crippen molar-refractivity contribution in [3.63, 3.8) is 0 Å². The number of amides is 2. The number of rotatable bonds is 13. The third-order valence-electron chi connectivity index (χ3n) is 6.57. The molecule has 0 spiro atoms. The van der Waals surface area contributed by atoms with Gasteiger partial charge >= 0.3 is 0 Å². The van der Waals surface area contributed by atoms with Crippen molar-refractivity contribution in [1.29, 1.82) is 0 Å². The minimum Gasteiger partial charge on any atom is -0.494 e. The van der Waals surface area contributed by atoms with E-state index in [4.69, 9.17) is 27.9 Å². The van der Waals surface area contributed by atoms with Crippen molar-refractivity contribution in [2.24, 2.45) is 0 Å². The van der Waals surface area contributed by atoms with Crippen molar-refractivity contribution in [3.8, 4) is 5.75 Å². The molecule has 0 heterocycles. The summed E-state index contributed by atoms with van der Waals surface area (Å²) in [5, 5.41) is 3.65. The third-order valence-corrected chi connectivity index (χ3v) is 8.94. The summed E-state index contributed by atoms with van der Waals surface area (Å²) in [5.74, 6) is -0.387. The number of benzene rings is 3. The Bertz CT molecular complexity index is 1440. The zero-order valence-electron chi connectivity index (χ0n) is 23.5. The molecule has 0 saturated carbocycles. The van der Waals surface area contributed by atoms with Crippen molar-refractivity contribution in [3.05, 3.63) is 88.4 Å². The summed E-state index contributed by atoms with van der Waals surface area (Å²) in [6, 6.07) is 18.1. The number of hydrogen-bond acceptors (Lipinski definition) is 5. The molecule has 3 aromatic carbocycles. The van der Waals surface area contributed by atoms with Gasteiger partial charge in [-0.2, -0.15) is 0 Å². The van der Waals surface area contributed by atoms with E-state index in [1.807, 2.05) is 20.8 Å². The first-order valence-electron chi connectivity index (χ1n) is 13.3. The van der Waals surface area contributed by atoms with Crippen LogP contribution in [-0.2, 0) is 26.2 Å². The van der Waals surface area contributed by atoms with Gasteiger partial charge in [-0.15, -0.1) is 0 Å². The van der Waals surface area contributed by atoms with Gasteiger partial charge in [0.25, 0.3) is 10.0 Å². The molecule has 0 aliphatic heterocycles.